The summed E-state index contributed by atoms with van der Waals surface area (Å²) < 4.78 is 0. The molecule has 0 spiro atoms. The highest BCUT2D eigenvalue weighted by Gasteiger charge is 2.07. The van der Waals surface area contributed by atoms with Gasteiger partial charge in [-0.25, -0.2) is 4.99 Å². The molecule has 0 amide bonds. The zero-order chi connectivity index (χ0) is 16.1. The molecular formula is C19H23ClN2. The molecule has 0 aliphatic heterocycles. The second-order valence-corrected chi connectivity index (χ2v) is 6.13. The molecule has 0 atom stereocenters. The normalized spacial score (nSPS) is 11.1. The van der Waals surface area contributed by atoms with Crippen LogP contribution in [0.3, 0.4) is 0 Å². The van der Waals surface area contributed by atoms with Crippen LogP contribution in [0.15, 0.2) is 41.4 Å². The first-order valence-corrected chi connectivity index (χ1v) is 7.96. The van der Waals surface area contributed by atoms with Gasteiger partial charge >= 0.3 is 0 Å². The van der Waals surface area contributed by atoms with Crippen molar-refractivity contribution >= 4 is 23.6 Å². The Bertz CT molecular complexity index is 677. The van der Waals surface area contributed by atoms with Crippen molar-refractivity contribution in [3.63, 3.8) is 0 Å². The van der Waals surface area contributed by atoms with Crippen molar-refractivity contribution in [2.45, 2.75) is 27.2 Å². The second kappa shape index (κ2) is 7.46. The van der Waals surface area contributed by atoms with E-state index in [0.29, 0.717) is 0 Å². The van der Waals surface area contributed by atoms with Gasteiger partial charge in [-0.2, -0.15) is 0 Å². The summed E-state index contributed by atoms with van der Waals surface area (Å²) in [4.78, 5) is 6.62. The third-order valence-corrected chi connectivity index (χ3v) is 4.04. The average Bonchev–Trinajstić information content (AvgIpc) is 2.48. The Morgan fingerprint density at radius 2 is 1.95 bits per heavy atom. The van der Waals surface area contributed by atoms with Gasteiger partial charge < -0.3 is 4.90 Å². The molecule has 2 aromatic carbocycles. The lowest BCUT2D eigenvalue weighted by Gasteiger charge is -2.12. The Kier molecular flexibility index (Phi) is 5.62. The summed E-state index contributed by atoms with van der Waals surface area (Å²) in [5.41, 5.74) is 5.93. The predicted molar refractivity (Wildman–Crippen MR) is 96.6 cm³/mol. The first kappa shape index (κ1) is 16.6. The van der Waals surface area contributed by atoms with Crippen molar-refractivity contribution in [1.82, 2.24) is 4.90 Å². The minimum atomic E-state index is 0.736. The van der Waals surface area contributed by atoms with E-state index in [1.54, 1.807) is 0 Å². The van der Waals surface area contributed by atoms with Crippen LogP contribution < -0.4 is 0 Å². The summed E-state index contributed by atoms with van der Waals surface area (Å²) in [5.74, 6) is 0. The van der Waals surface area contributed by atoms with Crippen LogP contribution in [0.4, 0.5) is 5.69 Å². The fourth-order valence-electron chi connectivity index (χ4n) is 2.32. The fraction of sp³-hybridized carbons (Fsp3) is 0.316. The van der Waals surface area contributed by atoms with Crippen molar-refractivity contribution in [2.75, 3.05) is 13.6 Å². The first-order valence-electron chi connectivity index (χ1n) is 7.58. The van der Waals surface area contributed by atoms with Crippen LogP contribution >= 0.6 is 11.6 Å². The molecule has 0 N–H and O–H groups in total. The number of nitrogens with zero attached hydrogens (tertiary/aromatic N) is 2. The van der Waals surface area contributed by atoms with E-state index in [-0.39, 0.29) is 0 Å². The molecule has 0 saturated carbocycles. The lowest BCUT2D eigenvalue weighted by molar-refractivity contribution is 0.552. The number of benzene rings is 2. The van der Waals surface area contributed by atoms with E-state index in [1.807, 2.05) is 30.4 Å². The molecule has 0 saturated heterocycles. The number of aryl methyl sites for hydroxylation is 1. The van der Waals surface area contributed by atoms with Crippen LogP contribution in [0, 0.1) is 13.8 Å². The van der Waals surface area contributed by atoms with Crippen LogP contribution in [-0.2, 0) is 6.42 Å². The van der Waals surface area contributed by atoms with Crippen molar-refractivity contribution in [3.05, 3.63) is 63.7 Å². The molecule has 0 aliphatic rings. The molecule has 0 bridgehead atoms. The third-order valence-electron chi connectivity index (χ3n) is 3.82. The van der Waals surface area contributed by atoms with Crippen LogP contribution in [0.2, 0.25) is 5.02 Å². The van der Waals surface area contributed by atoms with Gasteiger partial charge in [0.15, 0.2) is 0 Å². The lowest BCUT2D eigenvalue weighted by Crippen LogP contribution is -2.14. The van der Waals surface area contributed by atoms with E-state index in [2.05, 4.69) is 50.0 Å². The van der Waals surface area contributed by atoms with E-state index in [9.17, 15) is 0 Å². The number of halogens is 1. The molecule has 0 unspecified atom stereocenters. The molecule has 2 nitrogen and oxygen atoms in total. The van der Waals surface area contributed by atoms with Gasteiger partial charge in [-0.05, 0) is 56.0 Å². The van der Waals surface area contributed by atoms with Crippen molar-refractivity contribution < 1.29 is 0 Å². The first-order chi connectivity index (χ1) is 10.5. The maximum atomic E-state index is 6.28. The Labute approximate surface area is 138 Å². The predicted octanol–water partition coefficient (Wildman–Crippen LogP) is 5.16. The smallest absolute Gasteiger partial charge is 0.0909 e. The maximum Gasteiger partial charge on any atom is 0.0909 e. The minimum absolute atomic E-state index is 0.736. The Hall–Kier alpha value is -1.80. The fourth-order valence-corrected chi connectivity index (χ4v) is 2.56. The molecule has 0 fully saturated rings. The Morgan fingerprint density at radius 1 is 1.18 bits per heavy atom. The summed E-state index contributed by atoms with van der Waals surface area (Å²) in [6.45, 7) is 7.25. The zero-order valence-corrected chi connectivity index (χ0v) is 14.5. The van der Waals surface area contributed by atoms with Crippen LogP contribution in [0.5, 0.6) is 0 Å². The van der Waals surface area contributed by atoms with Crippen LogP contribution in [0.1, 0.15) is 29.2 Å². The number of aliphatic imine (C=N–C) groups is 1. The molecule has 0 aliphatic carbocycles. The number of rotatable bonds is 5. The van der Waals surface area contributed by atoms with E-state index >= 15 is 0 Å². The maximum absolute atomic E-state index is 6.28. The minimum Gasteiger partial charge on any atom is -0.366 e. The van der Waals surface area contributed by atoms with Gasteiger partial charge in [0.05, 0.1) is 12.0 Å². The van der Waals surface area contributed by atoms with Crippen molar-refractivity contribution in [1.29, 1.82) is 0 Å². The molecule has 22 heavy (non-hydrogen) atoms. The lowest BCUT2D eigenvalue weighted by atomic mass is 9.98. The second-order valence-electron chi connectivity index (χ2n) is 5.69. The van der Waals surface area contributed by atoms with Gasteiger partial charge in [0, 0.05) is 18.6 Å². The Morgan fingerprint density at radius 3 is 2.64 bits per heavy atom. The zero-order valence-electron chi connectivity index (χ0n) is 13.7. The van der Waals surface area contributed by atoms with Gasteiger partial charge in [-0.3, -0.25) is 0 Å². The summed E-state index contributed by atoms with van der Waals surface area (Å²) in [6.07, 6.45) is 2.73. The van der Waals surface area contributed by atoms with E-state index < -0.39 is 0 Å². The van der Waals surface area contributed by atoms with E-state index in [0.717, 1.165) is 23.7 Å². The molecule has 0 heterocycles. The Balaban J connectivity index is 2.32. The highest BCUT2D eigenvalue weighted by Crippen LogP contribution is 2.28. The van der Waals surface area contributed by atoms with Crippen LogP contribution in [-0.4, -0.2) is 24.8 Å². The van der Waals surface area contributed by atoms with Gasteiger partial charge in [-0.15, -0.1) is 0 Å². The molecule has 116 valence electrons. The molecule has 0 radical (unpaired) electrons. The third kappa shape index (κ3) is 4.35. The van der Waals surface area contributed by atoms with Crippen molar-refractivity contribution in [2.24, 2.45) is 4.99 Å². The molecule has 3 heteroatoms. The summed E-state index contributed by atoms with van der Waals surface area (Å²) in [5, 5.41) is 0.736. The van der Waals surface area contributed by atoms with Crippen molar-refractivity contribution in [3.8, 4) is 0 Å². The number of hydrogen-bond acceptors (Lipinski definition) is 1. The average molecular weight is 315 g/mol. The highest BCUT2D eigenvalue weighted by atomic mass is 35.5. The summed E-state index contributed by atoms with van der Waals surface area (Å²) in [7, 11) is 2.01. The van der Waals surface area contributed by atoms with E-state index in [1.165, 1.54) is 22.3 Å². The van der Waals surface area contributed by atoms with Gasteiger partial charge in [-0.1, -0.05) is 41.4 Å². The molecule has 2 rings (SSSR count). The van der Waals surface area contributed by atoms with Crippen LogP contribution in [0.25, 0.3) is 0 Å². The number of hydrogen-bond donors (Lipinski definition) is 0. The standard InChI is InChI=1S/C19H23ClN2/c1-5-22(4)13-21-19-12-18(20)11-17(15(19)3)10-16-8-6-7-14(2)9-16/h6-9,11-13H,5,10H2,1-4H3. The molecule has 0 aromatic heterocycles. The molecular weight excluding hydrogens is 292 g/mol. The summed E-state index contributed by atoms with van der Waals surface area (Å²) in [6, 6.07) is 12.6. The van der Waals surface area contributed by atoms with Gasteiger partial charge in [0.2, 0.25) is 0 Å². The SMILES string of the molecule is CCN(C)C=Nc1cc(Cl)cc(Cc2cccc(C)c2)c1C. The van der Waals surface area contributed by atoms with E-state index in [4.69, 9.17) is 11.6 Å². The largest absolute Gasteiger partial charge is 0.366 e. The van der Waals surface area contributed by atoms with Gasteiger partial charge in [0.25, 0.3) is 0 Å². The monoisotopic (exact) mass is 314 g/mol. The molecule has 2 aromatic rings. The topological polar surface area (TPSA) is 15.6 Å². The summed E-state index contributed by atoms with van der Waals surface area (Å²) >= 11 is 6.28. The quantitative estimate of drug-likeness (QED) is 0.550. The van der Waals surface area contributed by atoms with Gasteiger partial charge in [0.1, 0.15) is 0 Å². The highest BCUT2D eigenvalue weighted by molar-refractivity contribution is 6.31.